The second-order valence-corrected chi connectivity index (χ2v) is 10.1. The van der Waals surface area contributed by atoms with E-state index in [1.54, 1.807) is 0 Å². The van der Waals surface area contributed by atoms with Crippen LogP contribution < -0.4 is 0 Å². The topological polar surface area (TPSA) is 20.3 Å². The van der Waals surface area contributed by atoms with Gasteiger partial charge in [0.2, 0.25) is 0 Å². The van der Waals surface area contributed by atoms with E-state index in [1.807, 2.05) is 0 Å². The highest BCUT2D eigenvalue weighted by Crippen LogP contribution is 2.58. The van der Waals surface area contributed by atoms with Crippen molar-refractivity contribution in [1.29, 1.82) is 0 Å². The Labute approximate surface area is 135 Å². The summed E-state index contributed by atoms with van der Waals surface area (Å²) in [5, 5.41) is 0. The first-order chi connectivity index (χ1) is 10.7. The molecule has 3 heteroatoms. The molecule has 1 aromatic rings. The summed E-state index contributed by atoms with van der Waals surface area (Å²) >= 11 is 0. The molecular weight excluding hydrogens is 290 g/mol. The molecule has 0 amide bonds. The van der Waals surface area contributed by atoms with E-state index >= 15 is 0 Å². The highest BCUT2D eigenvalue weighted by Gasteiger charge is 2.55. The van der Waals surface area contributed by atoms with Gasteiger partial charge in [0.25, 0.3) is 0 Å². The van der Waals surface area contributed by atoms with Crippen LogP contribution in [0.25, 0.3) is 0 Å². The van der Waals surface area contributed by atoms with E-state index < -0.39 is 11.0 Å². The average molecular weight is 315 g/mol. The zero-order valence-corrected chi connectivity index (χ0v) is 14.0. The van der Waals surface area contributed by atoms with Crippen molar-refractivity contribution in [3.8, 4) is 0 Å². The molecule has 0 aromatic heterocycles. The van der Waals surface area contributed by atoms with E-state index in [1.165, 1.54) is 49.7 Å². The second-order valence-electron chi connectivity index (χ2n) is 8.23. The van der Waals surface area contributed by atoms with Crippen LogP contribution in [-0.4, -0.2) is 19.8 Å². The van der Waals surface area contributed by atoms with E-state index in [9.17, 15) is 4.21 Å². The van der Waals surface area contributed by atoms with Gasteiger partial charge < -0.3 is 0 Å². The third-order valence-electron chi connectivity index (χ3n) is 6.68. The Balaban J connectivity index is 1.41. The van der Waals surface area contributed by atoms with Crippen LogP contribution in [0.3, 0.4) is 0 Å². The van der Waals surface area contributed by atoms with Crippen LogP contribution in [-0.2, 0) is 24.0 Å². The first-order valence-electron chi connectivity index (χ1n) is 8.96. The Bertz CT molecular complexity index is 590. The fourth-order valence-corrected chi connectivity index (χ4v) is 8.33. The lowest BCUT2D eigenvalue weighted by Crippen LogP contribution is -2.56. The van der Waals surface area contributed by atoms with Crippen molar-refractivity contribution >= 4 is 11.0 Å². The normalized spacial score (nSPS) is 41.4. The summed E-state index contributed by atoms with van der Waals surface area (Å²) in [6, 6.07) is 8.71. The van der Waals surface area contributed by atoms with Gasteiger partial charge in [-0.2, -0.15) is 0 Å². The van der Waals surface area contributed by atoms with Crippen LogP contribution in [0.5, 0.6) is 0 Å². The molecule has 0 N–H and O–H groups in total. The molecule has 1 heterocycles. The van der Waals surface area contributed by atoms with Gasteiger partial charge in [0.1, 0.15) is 11.0 Å². The second kappa shape index (κ2) is 4.91. The van der Waals surface area contributed by atoms with Gasteiger partial charge in [0.05, 0.1) is 4.75 Å². The maximum absolute atomic E-state index is 13.5. The smallest absolute Gasteiger partial charge is 0.101 e. The third kappa shape index (κ3) is 2.05. The van der Waals surface area contributed by atoms with Crippen LogP contribution in [0.1, 0.15) is 49.7 Å². The highest BCUT2D eigenvalue weighted by molar-refractivity contribution is 7.84. The monoisotopic (exact) mass is 315 g/mol. The van der Waals surface area contributed by atoms with Crippen LogP contribution >= 0.6 is 0 Å². The molecule has 1 aromatic carbocycles. The van der Waals surface area contributed by atoms with E-state index in [0.717, 1.165) is 37.3 Å². The summed E-state index contributed by atoms with van der Waals surface area (Å²) in [6.07, 6.45) is 9.07. The summed E-state index contributed by atoms with van der Waals surface area (Å²) in [6.45, 7) is 1.87. The van der Waals surface area contributed by atoms with Crippen molar-refractivity contribution in [2.24, 2.45) is 17.8 Å². The standard InChI is InChI=1S/C19H25NOS/c21-22(20-6-5-17-3-1-2-4-18(17)13-20)19-10-14-7-15(11-19)9-16(8-14)12-19/h1-4,14-16H,5-13H2/t14?,15?,16?,19?,22-/m1/s1. The molecule has 0 saturated heterocycles. The molecule has 0 spiro atoms. The predicted molar refractivity (Wildman–Crippen MR) is 89.6 cm³/mol. The Morgan fingerprint density at radius 1 is 0.955 bits per heavy atom. The number of rotatable bonds is 2. The van der Waals surface area contributed by atoms with E-state index in [-0.39, 0.29) is 4.75 Å². The largest absolute Gasteiger partial charge is 0.242 e. The molecular formula is C19H25NOS. The number of benzene rings is 1. The lowest BCUT2D eigenvalue weighted by Gasteiger charge is -2.56. The predicted octanol–water partition coefficient (Wildman–Crippen LogP) is 3.68. The molecule has 2 nitrogen and oxygen atoms in total. The van der Waals surface area contributed by atoms with Crippen molar-refractivity contribution in [3.05, 3.63) is 35.4 Å². The van der Waals surface area contributed by atoms with Crippen molar-refractivity contribution in [2.75, 3.05) is 6.54 Å². The Hall–Kier alpha value is -0.670. The van der Waals surface area contributed by atoms with Crippen LogP contribution in [0.2, 0.25) is 0 Å². The minimum absolute atomic E-state index is 0.140. The summed E-state index contributed by atoms with van der Waals surface area (Å²) in [5.74, 6) is 2.65. The van der Waals surface area contributed by atoms with Gasteiger partial charge >= 0.3 is 0 Å². The summed E-state index contributed by atoms with van der Waals surface area (Å²) in [5.41, 5.74) is 2.85. The summed E-state index contributed by atoms with van der Waals surface area (Å²) in [4.78, 5) is 0. The van der Waals surface area contributed by atoms with Crippen molar-refractivity contribution in [3.63, 3.8) is 0 Å². The fourth-order valence-electron chi connectivity index (χ4n) is 6.13. The first-order valence-corrected chi connectivity index (χ1v) is 10.1. The Kier molecular flexibility index (Phi) is 3.07. The average Bonchev–Trinajstić information content (AvgIpc) is 2.52. The zero-order chi connectivity index (χ0) is 14.7. The number of hydrogen-bond donors (Lipinski definition) is 0. The van der Waals surface area contributed by atoms with Crippen molar-refractivity contribution < 1.29 is 4.21 Å². The molecule has 4 fully saturated rings. The minimum Gasteiger partial charge on any atom is -0.242 e. The zero-order valence-electron chi connectivity index (χ0n) is 13.2. The fraction of sp³-hybridized carbons (Fsp3) is 0.684. The lowest BCUT2D eigenvalue weighted by molar-refractivity contribution is 0.0338. The molecule has 1 aliphatic heterocycles. The van der Waals surface area contributed by atoms with Gasteiger partial charge in [0.15, 0.2) is 0 Å². The third-order valence-corrected chi connectivity index (χ3v) is 8.70. The van der Waals surface area contributed by atoms with Gasteiger partial charge in [-0.05, 0) is 73.8 Å². The van der Waals surface area contributed by atoms with E-state index in [0.29, 0.717) is 0 Å². The molecule has 5 aliphatic rings. The summed E-state index contributed by atoms with van der Waals surface area (Å²) in [7, 11) is -0.785. The Morgan fingerprint density at radius 3 is 2.18 bits per heavy atom. The molecule has 0 unspecified atom stereocenters. The minimum atomic E-state index is -0.785. The van der Waals surface area contributed by atoms with E-state index in [2.05, 4.69) is 28.6 Å². The maximum atomic E-state index is 13.5. The molecule has 0 radical (unpaired) electrons. The molecule has 118 valence electrons. The van der Waals surface area contributed by atoms with Crippen LogP contribution in [0.4, 0.5) is 0 Å². The molecule has 22 heavy (non-hydrogen) atoms. The van der Waals surface area contributed by atoms with Gasteiger partial charge in [-0.15, -0.1) is 0 Å². The quantitative estimate of drug-likeness (QED) is 0.815. The van der Waals surface area contributed by atoms with Gasteiger partial charge in [-0.25, -0.2) is 8.51 Å². The van der Waals surface area contributed by atoms with Crippen molar-refractivity contribution in [1.82, 2.24) is 4.31 Å². The summed E-state index contributed by atoms with van der Waals surface area (Å²) < 4.78 is 15.9. The highest BCUT2D eigenvalue weighted by atomic mass is 32.2. The molecule has 4 saturated carbocycles. The Morgan fingerprint density at radius 2 is 1.55 bits per heavy atom. The van der Waals surface area contributed by atoms with Gasteiger partial charge in [-0.3, -0.25) is 0 Å². The SMILES string of the molecule is O=[S@@](N1CCc2ccccc2C1)C12CC3CC(CC(C3)C1)C2. The lowest BCUT2D eigenvalue weighted by atomic mass is 9.56. The maximum Gasteiger partial charge on any atom is 0.101 e. The molecule has 4 bridgehead atoms. The van der Waals surface area contributed by atoms with Gasteiger partial charge in [0, 0.05) is 13.1 Å². The van der Waals surface area contributed by atoms with Crippen LogP contribution in [0.15, 0.2) is 24.3 Å². The number of hydrogen-bond acceptors (Lipinski definition) is 1. The van der Waals surface area contributed by atoms with Gasteiger partial charge in [-0.1, -0.05) is 24.3 Å². The van der Waals surface area contributed by atoms with Crippen molar-refractivity contribution in [2.45, 2.75) is 56.2 Å². The molecule has 4 aliphatic carbocycles. The number of fused-ring (bicyclic) bond motifs is 1. The van der Waals surface area contributed by atoms with Crippen LogP contribution in [0, 0.1) is 17.8 Å². The molecule has 1 atom stereocenters. The first kappa shape index (κ1) is 13.7. The van der Waals surface area contributed by atoms with E-state index in [4.69, 9.17) is 0 Å². The number of nitrogens with zero attached hydrogens (tertiary/aromatic N) is 1. The molecule has 6 rings (SSSR count).